The van der Waals surface area contributed by atoms with Crippen molar-refractivity contribution in [1.29, 1.82) is 0 Å². The molecule has 96 valence electrons. The molecule has 0 bridgehead atoms. The molecule has 1 aromatic rings. The Hall–Kier alpha value is -1.60. The average Bonchev–Trinajstić information content (AvgIpc) is 2.38. The van der Waals surface area contributed by atoms with Gasteiger partial charge in [0.2, 0.25) is 0 Å². The molecule has 0 aliphatic heterocycles. The molecule has 18 heavy (non-hydrogen) atoms. The van der Waals surface area contributed by atoms with E-state index in [0.29, 0.717) is 18.4 Å². The number of hydrogen-bond donors (Lipinski definition) is 0. The largest absolute Gasteiger partial charge is 0.329 e. The molecule has 1 unspecified atom stereocenters. The first-order chi connectivity index (χ1) is 8.54. The number of rotatable bonds is 6. The Bertz CT molecular complexity index is 472. The van der Waals surface area contributed by atoms with E-state index in [4.69, 9.17) is 0 Å². The van der Waals surface area contributed by atoms with Crippen LogP contribution in [0.25, 0.3) is 0 Å². The van der Waals surface area contributed by atoms with E-state index in [1.807, 2.05) is 6.07 Å². The van der Waals surface area contributed by atoms with E-state index in [2.05, 4.69) is 13.2 Å². The second kappa shape index (κ2) is 6.36. The van der Waals surface area contributed by atoms with Crippen LogP contribution in [0, 0.1) is 0 Å². The Kier molecular flexibility index (Phi) is 5.11. The highest BCUT2D eigenvalue weighted by Gasteiger charge is 2.31. The molecule has 0 heterocycles. The minimum absolute atomic E-state index is 0.353. The van der Waals surface area contributed by atoms with Crippen molar-refractivity contribution in [3.8, 4) is 0 Å². The predicted molar refractivity (Wildman–Crippen MR) is 77.0 cm³/mol. The molecule has 3 nitrogen and oxygen atoms in total. The third kappa shape index (κ3) is 3.21. The number of amides is 1. The third-order valence-corrected chi connectivity index (χ3v) is 4.88. The number of carbonyl (C=O) groups excluding carboxylic acids is 1. The Morgan fingerprint density at radius 3 is 2.17 bits per heavy atom. The third-order valence-electron chi connectivity index (χ3n) is 2.58. The van der Waals surface area contributed by atoms with Gasteiger partial charge in [-0.25, -0.2) is 0 Å². The SMILES string of the molecule is C=CCN(CC=C)C(=O)P(C)(=O)c1ccccc1. The second-order valence-electron chi connectivity index (χ2n) is 4.02. The highest BCUT2D eigenvalue weighted by molar-refractivity contribution is 7.86. The van der Waals surface area contributed by atoms with Gasteiger partial charge in [-0.15, -0.1) is 13.2 Å². The molecular formula is C14H18NO2P. The molecule has 1 amide bonds. The van der Waals surface area contributed by atoms with Crippen molar-refractivity contribution < 1.29 is 9.36 Å². The van der Waals surface area contributed by atoms with Crippen molar-refractivity contribution in [1.82, 2.24) is 4.90 Å². The minimum Gasteiger partial charge on any atom is -0.329 e. The smallest absolute Gasteiger partial charge is 0.285 e. The van der Waals surface area contributed by atoms with Crippen molar-refractivity contribution in [2.75, 3.05) is 19.8 Å². The summed E-state index contributed by atoms with van der Waals surface area (Å²) >= 11 is 0. The van der Waals surface area contributed by atoms with Crippen LogP contribution in [-0.4, -0.2) is 30.3 Å². The van der Waals surface area contributed by atoms with Gasteiger partial charge in [0.1, 0.15) is 0 Å². The van der Waals surface area contributed by atoms with Crippen molar-refractivity contribution in [2.24, 2.45) is 0 Å². The van der Waals surface area contributed by atoms with Crippen LogP contribution in [0.1, 0.15) is 0 Å². The normalized spacial score (nSPS) is 13.4. The van der Waals surface area contributed by atoms with Gasteiger partial charge in [0.05, 0.1) is 0 Å². The maximum atomic E-state index is 12.6. The lowest BCUT2D eigenvalue weighted by molar-refractivity contribution is 0.230. The van der Waals surface area contributed by atoms with Crippen LogP contribution < -0.4 is 5.30 Å². The standard InChI is InChI=1S/C14H18NO2P/c1-4-11-15(12-5-2)14(16)18(3,17)13-9-7-6-8-10-13/h4-10H,1-2,11-12H2,3H3. The summed E-state index contributed by atoms with van der Waals surface area (Å²) in [6.45, 7) is 9.45. The number of carbonyl (C=O) groups is 1. The van der Waals surface area contributed by atoms with Crippen LogP contribution in [-0.2, 0) is 4.57 Å². The first-order valence-corrected chi connectivity index (χ1v) is 7.83. The fourth-order valence-electron chi connectivity index (χ4n) is 1.64. The molecule has 0 spiro atoms. The van der Waals surface area contributed by atoms with E-state index >= 15 is 0 Å². The average molecular weight is 263 g/mol. The number of hydrogen-bond acceptors (Lipinski definition) is 2. The van der Waals surface area contributed by atoms with Crippen LogP contribution >= 0.6 is 7.14 Å². The minimum atomic E-state index is -3.06. The zero-order chi connectivity index (χ0) is 13.6. The van der Waals surface area contributed by atoms with Gasteiger partial charge in [-0.05, 0) is 0 Å². The quantitative estimate of drug-likeness (QED) is 0.584. The Balaban J connectivity index is 3.03. The van der Waals surface area contributed by atoms with Gasteiger partial charge in [-0.1, -0.05) is 42.5 Å². The fourth-order valence-corrected chi connectivity index (χ4v) is 3.30. The van der Waals surface area contributed by atoms with E-state index in [0.717, 1.165) is 0 Å². The fraction of sp³-hybridized carbons (Fsp3) is 0.214. The summed E-state index contributed by atoms with van der Waals surface area (Å²) in [5.74, 6) is 0. The Morgan fingerprint density at radius 1 is 1.22 bits per heavy atom. The second-order valence-corrected chi connectivity index (χ2v) is 6.77. The lowest BCUT2D eigenvalue weighted by Gasteiger charge is -2.23. The predicted octanol–water partition coefficient (Wildman–Crippen LogP) is 3.10. The highest BCUT2D eigenvalue weighted by Crippen LogP contribution is 2.42. The summed E-state index contributed by atoms with van der Waals surface area (Å²) in [5, 5.41) is 0.577. The van der Waals surface area contributed by atoms with Gasteiger partial charge in [0.15, 0.2) is 7.14 Å². The van der Waals surface area contributed by atoms with Crippen molar-refractivity contribution in [3.63, 3.8) is 0 Å². The zero-order valence-electron chi connectivity index (χ0n) is 10.6. The molecule has 4 heteroatoms. The van der Waals surface area contributed by atoms with Crippen molar-refractivity contribution >= 4 is 18.1 Å². The molecular weight excluding hydrogens is 245 g/mol. The molecule has 1 aromatic carbocycles. The van der Waals surface area contributed by atoms with Crippen molar-refractivity contribution in [3.05, 3.63) is 55.6 Å². The monoisotopic (exact) mass is 263 g/mol. The maximum absolute atomic E-state index is 12.6. The van der Waals surface area contributed by atoms with Crippen LogP contribution in [0.2, 0.25) is 0 Å². The first kappa shape index (κ1) is 14.5. The molecule has 0 fully saturated rings. The molecule has 0 saturated carbocycles. The van der Waals surface area contributed by atoms with Crippen LogP contribution in [0.15, 0.2) is 55.6 Å². The number of nitrogens with zero attached hydrogens (tertiary/aromatic N) is 1. The van der Waals surface area contributed by atoms with Gasteiger partial charge < -0.3 is 9.46 Å². The first-order valence-electron chi connectivity index (χ1n) is 5.68. The van der Waals surface area contributed by atoms with Crippen LogP contribution in [0.3, 0.4) is 0 Å². The summed E-state index contributed by atoms with van der Waals surface area (Å²) in [7, 11) is -3.06. The van der Waals surface area contributed by atoms with Gasteiger partial charge in [-0.2, -0.15) is 0 Å². The van der Waals surface area contributed by atoms with Gasteiger partial charge in [0, 0.05) is 25.1 Å². The summed E-state index contributed by atoms with van der Waals surface area (Å²) in [6, 6.07) is 8.84. The molecule has 1 rings (SSSR count). The van der Waals surface area contributed by atoms with Gasteiger partial charge in [-0.3, -0.25) is 4.79 Å². The number of benzene rings is 1. The maximum Gasteiger partial charge on any atom is 0.285 e. The Morgan fingerprint density at radius 2 is 1.72 bits per heavy atom. The zero-order valence-corrected chi connectivity index (χ0v) is 11.5. The highest BCUT2D eigenvalue weighted by atomic mass is 31.2. The summed E-state index contributed by atoms with van der Waals surface area (Å²) in [4.78, 5) is 13.8. The van der Waals surface area contributed by atoms with E-state index < -0.39 is 7.14 Å². The van der Waals surface area contributed by atoms with E-state index in [-0.39, 0.29) is 5.65 Å². The molecule has 0 aliphatic carbocycles. The van der Waals surface area contributed by atoms with Crippen molar-refractivity contribution in [2.45, 2.75) is 0 Å². The summed E-state index contributed by atoms with van der Waals surface area (Å²) in [6.07, 6.45) is 3.23. The topological polar surface area (TPSA) is 37.4 Å². The van der Waals surface area contributed by atoms with E-state index in [9.17, 15) is 9.36 Å². The molecule has 0 N–H and O–H groups in total. The Labute approximate surface area is 108 Å². The van der Waals surface area contributed by atoms with Crippen LogP contribution in [0.5, 0.6) is 0 Å². The molecule has 0 aromatic heterocycles. The molecule has 0 radical (unpaired) electrons. The molecule has 0 saturated heterocycles. The lowest BCUT2D eigenvalue weighted by atomic mass is 10.4. The van der Waals surface area contributed by atoms with Gasteiger partial charge in [0.25, 0.3) is 5.65 Å². The molecule has 1 atom stereocenters. The van der Waals surface area contributed by atoms with E-state index in [1.165, 1.54) is 11.6 Å². The molecule has 0 aliphatic rings. The van der Waals surface area contributed by atoms with Gasteiger partial charge >= 0.3 is 0 Å². The van der Waals surface area contributed by atoms with E-state index in [1.54, 1.807) is 36.4 Å². The van der Waals surface area contributed by atoms with Crippen LogP contribution in [0.4, 0.5) is 4.79 Å². The summed E-state index contributed by atoms with van der Waals surface area (Å²) < 4.78 is 12.6. The summed E-state index contributed by atoms with van der Waals surface area (Å²) in [5.41, 5.74) is -0.353. The lowest BCUT2D eigenvalue weighted by Crippen LogP contribution is -2.32.